The summed E-state index contributed by atoms with van der Waals surface area (Å²) in [7, 11) is 0. The molecule has 0 unspecified atom stereocenters. The van der Waals surface area contributed by atoms with Gasteiger partial charge >= 0.3 is 0 Å². The van der Waals surface area contributed by atoms with Crippen LogP contribution in [0.3, 0.4) is 0 Å². The molecule has 0 radical (unpaired) electrons. The molecule has 6 heteroatoms. The minimum absolute atomic E-state index is 0.0759. The minimum Gasteiger partial charge on any atom is -0.395 e. The molecule has 1 aliphatic heterocycles. The molecule has 1 fully saturated rings. The van der Waals surface area contributed by atoms with E-state index in [1.165, 1.54) is 4.90 Å². The Labute approximate surface area is 110 Å². The van der Waals surface area contributed by atoms with Gasteiger partial charge in [-0.1, -0.05) is 0 Å². The molecular weight excluding hydrogens is 254 g/mol. The lowest BCUT2D eigenvalue weighted by molar-refractivity contribution is 0.0610. The standard InChI is InChI=1S/C13H16F2N2O2/c14-10-1-2-12(15)11(9-10)13(19)17-5-3-16(4-6-17)7-8-18/h1-2,9,18H,3-8H2. The Kier molecular flexibility index (Phi) is 4.44. The van der Waals surface area contributed by atoms with E-state index in [0.717, 1.165) is 18.2 Å². The fourth-order valence-corrected chi connectivity index (χ4v) is 2.15. The van der Waals surface area contributed by atoms with E-state index in [9.17, 15) is 13.6 Å². The first-order valence-corrected chi connectivity index (χ1v) is 6.19. The first-order valence-electron chi connectivity index (χ1n) is 6.19. The van der Waals surface area contributed by atoms with Crippen molar-refractivity contribution in [2.75, 3.05) is 39.3 Å². The van der Waals surface area contributed by atoms with Crippen LogP contribution in [0.5, 0.6) is 0 Å². The average molecular weight is 270 g/mol. The van der Waals surface area contributed by atoms with E-state index in [0.29, 0.717) is 32.7 Å². The van der Waals surface area contributed by atoms with Crippen LogP contribution in [-0.4, -0.2) is 60.1 Å². The summed E-state index contributed by atoms with van der Waals surface area (Å²) >= 11 is 0. The van der Waals surface area contributed by atoms with Crippen molar-refractivity contribution in [3.63, 3.8) is 0 Å². The summed E-state index contributed by atoms with van der Waals surface area (Å²) < 4.78 is 26.6. The number of benzene rings is 1. The van der Waals surface area contributed by atoms with E-state index in [2.05, 4.69) is 0 Å². The molecule has 0 saturated carbocycles. The first kappa shape index (κ1) is 13.9. The summed E-state index contributed by atoms with van der Waals surface area (Å²) in [5.41, 5.74) is -0.226. The Balaban J connectivity index is 2.03. The molecule has 0 bridgehead atoms. The molecule has 0 atom stereocenters. The number of aliphatic hydroxyl groups is 1. The Morgan fingerprint density at radius 2 is 1.89 bits per heavy atom. The quantitative estimate of drug-likeness (QED) is 0.880. The summed E-state index contributed by atoms with van der Waals surface area (Å²) in [6.45, 7) is 2.80. The molecular formula is C13H16F2N2O2. The number of nitrogens with zero attached hydrogens (tertiary/aromatic N) is 2. The molecule has 1 aromatic carbocycles. The van der Waals surface area contributed by atoms with Gasteiger partial charge in [-0.15, -0.1) is 0 Å². The zero-order valence-corrected chi connectivity index (χ0v) is 10.5. The lowest BCUT2D eigenvalue weighted by Crippen LogP contribution is -2.49. The number of aliphatic hydroxyl groups excluding tert-OH is 1. The van der Waals surface area contributed by atoms with Gasteiger partial charge in [0.15, 0.2) is 0 Å². The van der Waals surface area contributed by atoms with Crippen LogP contribution >= 0.6 is 0 Å². The lowest BCUT2D eigenvalue weighted by Gasteiger charge is -2.34. The highest BCUT2D eigenvalue weighted by molar-refractivity contribution is 5.94. The Bertz CT molecular complexity index is 460. The predicted octanol–water partition coefficient (Wildman–Crippen LogP) is 0.715. The lowest BCUT2D eigenvalue weighted by atomic mass is 10.1. The maximum atomic E-state index is 13.5. The average Bonchev–Trinajstić information content (AvgIpc) is 2.42. The van der Waals surface area contributed by atoms with Gasteiger partial charge < -0.3 is 10.0 Å². The van der Waals surface area contributed by atoms with Crippen molar-refractivity contribution < 1.29 is 18.7 Å². The molecule has 4 nitrogen and oxygen atoms in total. The largest absolute Gasteiger partial charge is 0.395 e. The second-order valence-electron chi connectivity index (χ2n) is 4.48. The fraction of sp³-hybridized carbons (Fsp3) is 0.462. The van der Waals surface area contributed by atoms with Crippen LogP contribution in [0.2, 0.25) is 0 Å². The van der Waals surface area contributed by atoms with E-state index >= 15 is 0 Å². The Morgan fingerprint density at radius 1 is 1.21 bits per heavy atom. The topological polar surface area (TPSA) is 43.8 Å². The van der Waals surface area contributed by atoms with Crippen LogP contribution in [0.25, 0.3) is 0 Å². The molecule has 1 N–H and O–H groups in total. The van der Waals surface area contributed by atoms with Gasteiger partial charge in [0.1, 0.15) is 11.6 Å². The molecule has 0 spiro atoms. The summed E-state index contributed by atoms with van der Waals surface area (Å²) in [6.07, 6.45) is 0. The number of amides is 1. The van der Waals surface area contributed by atoms with Gasteiger partial charge in [-0.2, -0.15) is 0 Å². The Morgan fingerprint density at radius 3 is 2.53 bits per heavy atom. The van der Waals surface area contributed by atoms with Crippen molar-refractivity contribution in [1.82, 2.24) is 9.80 Å². The van der Waals surface area contributed by atoms with E-state index in [-0.39, 0.29) is 12.2 Å². The zero-order chi connectivity index (χ0) is 13.8. The van der Waals surface area contributed by atoms with E-state index in [4.69, 9.17) is 5.11 Å². The maximum absolute atomic E-state index is 13.5. The van der Waals surface area contributed by atoms with Crippen LogP contribution in [0, 0.1) is 11.6 Å². The second kappa shape index (κ2) is 6.08. The summed E-state index contributed by atoms with van der Waals surface area (Å²) in [5, 5.41) is 8.83. The number of piperazine rings is 1. The molecule has 1 saturated heterocycles. The summed E-state index contributed by atoms with van der Waals surface area (Å²) in [5.74, 6) is -1.81. The van der Waals surface area contributed by atoms with Gasteiger partial charge in [0, 0.05) is 32.7 Å². The molecule has 19 heavy (non-hydrogen) atoms. The van der Waals surface area contributed by atoms with Crippen molar-refractivity contribution in [3.8, 4) is 0 Å². The zero-order valence-electron chi connectivity index (χ0n) is 10.5. The van der Waals surface area contributed by atoms with Crippen molar-refractivity contribution in [3.05, 3.63) is 35.4 Å². The molecule has 1 heterocycles. The fourth-order valence-electron chi connectivity index (χ4n) is 2.15. The molecule has 0 aromatic heterocycles. The molecule has 2 rings (SSSR count). The number of rotatable bonds is 3. The second-order valence-corrected chi connectivity index (χ2v) is 4.48. The monoisotopic (exact) mass is 270 g/mol. The number of carbonyl (C=O) groups excluding carboxylic acids is 1. The van der Waals surface area contributed by atoms with Crippen LogP contribution < -0.4 is 0 Å². The van der Waals surface area contributed by atoms with Crippen LogP contribution in [0.15, 0.2) is 18.2 Å². The van der Waals surface area contributed by atoms with E-state index in [1.807, 2.05) is 4.90 Å². The number of hydrogen-bond acceptors (Lipinski definition) is 3. The number of carbonyl (C=O) groups is 1. The van der Waals surface area contributed by atoms with Gasteiger partial charge in [0.25, 0.3) is 5.91 Å². The normalized spacial score (nSPS) is 16.7. The Hall–Kier alpha value is -1.53. The van der Waals surface area contributed by atoms with Crippen LogP contribution in [-0.2, 0) is 0 Å². The molecule has 1 aromatic rings. The summed E-state index contributed by atoms with van der Waals surface area (Å²) in [6, 6.07) is 2.88. The van der Waals surface area contributed by atoms with Gasteiger partial charge in [0.2, 0.25) is 0 Å². The number of β-amino-alcohol motifs (C(OH)–C–C–N with tert-alkyl or cyclic N) is 1. The van der Waals surface area contributed by atoms with Gasteiger partial charge in [-0.25, -0.2) is 8.78 Å². The van der Waals surface area contributed by atoms with Gasteiger partial charge in [0.05, 0.1) is 12.2 Å². The molecule has 104 valence electrons. The third kappa shape index (κ3) is 3.27. The summed E-state index contributed by atoms with van der Waals surface area (Å²) in [4.78, 5) is 15.6. The SMILES string of the molecule is O=C(c1cc(F)ccc1F)N1CCN(CCO)CC1. The predicted molar refractivity (Wildman–Crippen MR) is 65.8 cm³/mol. The van der Waals surface area contributed by atoms with E-state index < -0.39 is 17.5 Å². The van der Waals surface area contributed by atoms with Crippen molar-refractivity contribution in [1.29, 1.82) is 0 Å². The van der Waals surface area contributed by atoms with Crippen molar-refractivity contribution >= 4 is 5.91 Å². The van der Waals surface area contributed by atoms with Crippen molar-refractivity contribution in [2.45, 2.75) is 0 Å². The van der Waals surface area contributed by atoms with E-state index in [1.54, 1.807) is 0 Å². The minimum atomic E-state index is -0.704. The highest BCUT2D eigenvalue weighted by atomic mass is 19.1. The smallest absolute Gasteiger partial charge is 0.257 e. The van der Waals surface area contributed by atoms with Crippen molar-refractivity contribution in [2.24, 2.45) is 0 Å². The van der Waals surface area contributed by atoms with Gasteiger partial charge in [-0.3, -0.25) is 9.69 Å². The highest BCUT2D eigenvalue weighted by Gasteiger charge is 2.24. The van der Waals surface area contributed by atoms with Crippen LogP contribution in [0.1, 0.15) is 10.4 Å². The highest BCUT2D eigenvalue weighted by Crippen LogP contribution is 2.14. The number of hydrogen-bond donors (Lipinski definition) is 1. The molecule has 1 aliphatic rings. The molecule has 1 amide bonds. The maximum Gasteiger partial charge on any atom is 0.257 e. The van der Waals surface area contributed by atoms with Gasteiger partial charge in [-0.05, 0) is 18.2 Å². The third-order valence-corrected chi connectivity index (χ3v) is 3.23. The van der Waals surface area contributed by atoms with Crippen LogP contribution in [0.4, 0.5) is 8.78 Å². The first-order chi connectivity index (χ1) is 9.11. The number of halogens is 2. The molecule has 0 aliphatic carbocycles. The third-order valence-electron chi connectivity index (χ3n) is 3.23.